The first-order valence-corrected chi connectivity index (χ1v) is 9.84. The van der Waals surface area contributed by atoms with E-state index in [0.29, 0.717) is 25.0 Å². The lowest BCUT2D eigenvalue weighted by Gasteiger charge is -2.14. The predicted octanol–water partition coefficient (Wildman–Crippen LogP) is 4.89. The van der Waals surface area contributed by atoms with Crippen LogP contribution in [0, 0.1) is 0 Å². The van der Waals surface area contributed by atoms with Gasteiger partial charge in [0.15, 0.2) is 0 Å². The molecule has 0 aliphatic carbocycles. The van der Waals surface area contributed by atoms with Crippen molar-refractivity contribution in [1.29, 1.82) is 0 Å². The van der Waals surface area contributed by atoms with Crippen LogP contribution in [-0.2, 0) is 9.59 Å². The van der Waals surface area contributed by atoms with E-state index in [2.05, 4.69) is 5.32 Å². The Hall–Kier alpha value is -1.38. The van der Waals surface area contributed by atoms with Gasteiger partial charge in [0.25, 0.3) is 5.91 Å². The molecule has 0 radical (unpaired) electrons. The minimum absolute atomic E-state index is 0.175. The van der Waals surface area contributed by atoms with Crippen molar-refractivity contribution >= 4 is 86.4 Å². The number of carbonyl (C=O) groups is 2. The molecular weight excluding hydrogens is 419 g/mol. The van der Waals surface area contributed by atoms with E-state index in [9.17, 15) is 9.59 Å². The van der Waals surface area contributed by atoms with E-state index in [1.165, 1.54) is 34.1 Å². The first-order valence-electron chi connectivity index (χ1n) is 6.98. The minimum atomic E-state index is -0.391. The summed E-state index contributed by atoms with van der Waals surface area (Å²) in [5, 5.41) is 5.38. The van der Waals surface area contributed by atoms with Gasteiger partial charge in [0.1, 0.15) is 10.9 Å². The zero-order chi connectivity index (χ0) is 18.0. The maximum Gasteiger partial charge on any atom is 0.266 e. The van der Waals surface area contributed by atoms with Gasteiger partial charge in [0, 0.05) is 9.90 Å². The number of rotatable bonds is 4. The van der Waals surface area contributed by atoms with Gasteiger partial charge in [-0.2, -0.15) is 0 Å². The van der Waals surface area contributed by atoms with Crippen molar-refractivity contribution in [3.05, 3.63) is 55.5 Å². The third kappa shape index (κ3) is 4.43. The fourth-order valence-electron chi connectivity index (χ4n) is 2.06. The average Bonchev–Trinajstić information content (AvgIpc) is 3.15. The minimum Gasteiger partial charge on any atom is -0.323 e. The van der Waals surface area contributed by atoms with Gasteiger partial charge in [-0.15, -0.1) is 11.3 Å². The summed E-state index contributed by atoms with van der Waals surface area (Å²) in [6, 6.07) is 8.56. The molecule has 1 saturated heterocycles. The van der Waals surface area contributed by atoms with E-state index in [1.54, 1.807) is 18.2 Å². The summed E-state index contributed by atoms with van der Waals surface area (Å²) in [6.45, 7) is -0.175. The number of benzene rings is 1. The number of thioether (sulfide) groups is 1. The number of anilines is 1. The lowest BCUT2D eigenvalue weighted by atomic mass is 10.3. The van der Waals surface area contributed by atoms with Gasteiger partial charge in [-0.3, -0.25) is 14.5 Å². The highest BCUT2D eigenvalue weighted by Gasteiger charge is 2.33. The van der Waals surface area contributed by atoms with Crippen LogP contribution in [0.1, 0.15) is 4.88 Å². The van der Waals surface area contributed by atoms with E-state index < -0.39 is 5.91 Å². The predicted molar refractivity (Wildman–Crippen MR) is 109 cm³/mol. The number of halogens is 2. The van der Waals surface area contributed by atoms with Gasteiger partial charge in [-0.25, -0.2) is 0 Å². The highest BCUT2D eigenvalue weighted by molar-refractivity contribution is 8.26. The molecule has 2 heterocycles. The highest BCUT2D eigenvalue weighted by Crippen LogP contribution is 2.33. The number of hydrogen-bond donors (Lipinski definition) is 1. The standard InChI is InChI=1S/C16H10Cl2N2O2S3/c17-9-3-4-12(11(18)6-9)19-14(21)8-20-15(22)13(25-16(20)23)7-10-2-1-5-24-10/h1-7H,8H2,(H,19,21). The van der Waals surface area contributed by atoms with Crippen LogP contribution in [-0.4, -0.2) is 27.6 Å². The Labute approximate surface area is 167 Å². The fourth-order valence-corrected chi connectivity index (χ4v) is 4.50. The van der Waals surface area contributed by atoms with E-state index >= 15 is 0 Å². The van der Waals surface area contributed by atoms with Crippen molar-refractivity contribution in [3.8, 4) is 0 Å². The molecule has 0 saturated carbocycles. The Morgan fingerprint density at radius 3 is 2.80 bits per heavy atom. The molecule has 1 aromatic carbocycles. The number of thiocarbonyl (C=S) groups is 1. The second-order valence-corrected chi connectivity index (χ2v) is 8.45. The van der Waals surface area contributed by atoms with Crippen LogP contribution in [0.15, 0.2) is 40.6 Å². The monoisotopic (exact) mass is 428 g/mol. The quantitative estimate of drug-likeness (QED) is 0.555. The van der Waals surface area contributed by atoms with Crippen molar-refractivity contribution in [3.63, 3.8) is 0 Å². The molecule has 2 amide bonds. The molecule has 1 fully saturated rings. The maximum absolute atomic E-state index is 12.5. The summed E-state index contributed by atoms with van der Waals surface area (Å²) < 4.78 is 0.352. The van der Waals surface area contributed by atoms with Gasteiger partial charge in [0.05, 0.1) is 15.6 Å². The van der Waals surface area contributed by atoms with Crippen molar-refractivity contribution in [2.75, 3.05) is 11.9 Å². The van der Waals surface area contributed by atoms with Gasteiger partial charge >= 0.3 is 0 Å². The van der Waals surface area contributed by atoms with Crippen LogP contribution in [0.3, 0.4) is 0 Å². The first-order chi connectivity index (χ1) is 11.9. The van der Waals surface area contributed by atoms with E-state index in [0.717, 1.165) is 4.88 Å². The normalized spacial score (nSPS) is 15.9. The van der Waals surface area contributed by atoms with E-state index in [-0.39, 0.29) is 12.5 Å². The Balaban J connectivity index is 1.69. The largest absolute Gasteiger partial charge is 0.323 e. The van der Waals surface area contributed by atoms with Gasteiger partial charge in [-0.05, 0) is 35.7 Å². The maximum atomic E-state index is 12.5. The molecule has 25 heavy (non-hydrogen) atoms. The van der Waals surface area contributed by atoms with Gasteiger partial charge in [0.2, 0.25) is 5.91 Å². The van der Waals surface area contributed by atoms with Gasteiger partial charge in [-0.1, -0.05) is 53.2 Å². The molecule has 1 N–H and O–H groups in total. The van der Waals surface area contributed by atoms with Crippen LogP contribution in [0.25, 0.3) is 6.08 Å². The summed E-state index contributed by atoms with van der Waals surface area (Å²) in [6.07, 6.45) is 1.78. The van der Waals surface area contributed by atoms with Crippen molar-refractivity contribution in [1.82, 2.24) is 4.90 Å². The molecule has 0 unspecified atom stereocenters. The Kier molecular flexibility index (Phi) is 5.81. The lowest BCUT2D eigenvalue weighted by molar-refractivity contribution is -0.126. The number of hydrogen-bond acceptors (Lipinski definition) is 5. The number of thiophene rings is 1. The molecule has 0 atom stereocenters. The SMILES string of the molecule is O=C(CN1C(=O)C(=Cc2cccs2)SC1=S)Nc1ccc(Cl)cc1Cl. The smallest absolute Gasteiger partial charge is 0.266 e. The summed E-state index contributed by atoms with van der Waals surface area (Å²) in [4.78, 5) is 27.4. The third-order valence-electron chi connectivity index (χ3n) is 3.20. The van der Waals surface area contributed by atoms with Crippen molar-refractivity contribution in [2.45, 2.75) is 0 Å². The molecule has 9 heteroatoms. The topological polar surface area (TPSA) is 49.4 Å². The molecule has 1 aliphatic heterocycles. The molecule has 0 bridgehead atoms. The fraction of sp³-hybridized carbons (Fsp3) is 0.0625. The Morgan fingerprint density at radius 2 is 2.12 bits per heavy atom. The number of nitrogens with one attached hydrogen (secondary N) is 1. The molecule has 2 aromatic rings. The van der Waals surface area contributed by atoms with Crippen LogP contribution < -0.4 is 5.32 Å². The molecule has 1 aliphatic rings. The number of amides is 2. The van der Waals surface area contributed by atoms with Crippen LogP contribution in [0.4, 0.5) is 5.69 Å². The summed E-state index contributed by atoms with van der Waals surface area (Å²) in [7, 11) is 0. The molecule has 4 nitrogen and oxygen atoms in total. The third-order valence-corrected chi connectivity index (χ3v) is 5.94. The molecule has 3 rings (SSSR count). The number of carbonyl (C=O) groups excluding carboxylic acids is 2. The Bertz CT molecular complexity index is 882. The zero-order valence-corrected chi connectivity index (χ0v) is 16.5. The first kappa shape index (κ1) is 18.4. The second-order valence-electron chi connectivity index (χ2n) is 4.96. The van der Waals surface area contributed by atoms with Crippen LogP contribution in [0.2, 0.25) is 10.0 Å². The highest BCUT2D eigenvalue weighted by atomic mass is 35.5. The lowest BCUT2D eigenvalue weighted by Crippen LogP contribution is -2.36. The summed E-state index contributed by atoms with van der Waals surface area (Å²) in [5.74, 6) is -0.668. The van der Waals surface area contributed by atoms with Gasteiger partial charge < -0.3 is 5.32 Å². The zero-order valence-electron chi connectivity index (χ0n) is 12.5. The molecule has 0 spiro atoms. The van der Waals surface area contributed by atoms with Crippen molar-refractivity contribution < 1.29 is 9.59 Å². The average molecular weight is 429 g/mol. The van der Waals surface area contributed by atoms with Crippen LogP contribution in [0.5, 0.6) is 0 Å². The molecule has 128 valence electrons. The van der Waals surface area contributed by atoms with E-state index in [4.69, 9.17) is 35.4 Å². The number of nitrogens with zero attached hydrogens (tertiary/aromatic N) is 1. The molecular formula is C16H10Cl2N2O2S3. The van der Waals surface area contributed by atoms with Crippen LogP contribution >= 0.6 is 58.5 Å². The Morgan fingerprint density at radius 1 is 1.32 bits per heavy atom. The van der Waals surface area contributed by atoms with Crippen molar-refractivity contribution in [2.24, 2.45) is 0 Å². The molecule has 1 aromatic heterocycles. The summed E-state index contributed by atoms with van der Waals surface area (Å²) >= 11 is 19.8. The summed E-state index contributed by atoms with van der Waals surface area (Å²) in [5.41, 5.74) is 0.427. The van der Waals surface area contributed by atoms with E-state index in [1.807, 2.05) is 17.5 Å². The second kappa shape index (κ2) is 7.88.